The Hall–Kier alpha value is -3.05. The molecule has 0 aliphatic heterocycles. The lowest BCUT2D eigenvalue weighted by Crippen LogP contribution is -2.33. The molecule has 5 nitrogen and oxygen atoms in total. The zero-order valence-corrected chi connectivity index (χ0v) is 16.5. The topological polar surface area (TPSA) is 59.0 Å². The van der Waals surface area contributed by atoms with Gasteiger partial charge in [0.2, 0.25) is 5.91 Å². The van der Waals surface area contributed by atoms with Crippen molar-refractivity contribution in [2.24, 2.45) is 0 Å². The predicted octanol–water partition coefficient (Wildman–Crippen LogP) is 5.11. The standard InChI is InChI=1S/C22H21ClN4O/c1-14(2)24-20(28)13-27-22(25-17-10-8-16(23)9-11-17)19-12-7-15-5-3-4-6-18(15)21(19)26-27/h3-12,14,25H,13H2,1-2H3,(H,24,28). The maximum Gasteiger partial charge on any atom is 0.242 e. The molecule has 0 saturated heterocycles. The highest BCUT2D eigenvalue weighted by atomic mass is 35.5. The molecular formula is C22H21ClN4O. The summed E-state index contributed by atoms with van der Waals surface area (Å²) in [4.78, 5) is 12.4. The van der Waals surface area contributed by atoms with E-state index in [4.69, 9.17) is 16.7 Å². The maximum atomic E-state index is 12.4. The van der Waals surface area contributed by atoms with Crippen molar-refractivity contribution in [1.29, 1.82) is 0 Å². The van der Waals surface area contributed by atoms with Gasteiger partial charge >= 0.3 is 0 Å². The molecule has 0 aliphatic carbocycles. The van der Waals surface area contributed by atoms with Crippen LogP contribution in [0, 0.1) is 0 Å². The average Bonchev–Trinajstić information content (AvgIpc) is 3.00. The van der Waals surface area contributed by atoms with Gasteiger partial charge in [0.1, 0.15) is 17.9 Å². The smallest absolute Gasteiger partial charge is 0.242 e. The molecule has 4 aromatic rings. The van der Waals surface area contributed by atoms with Crippen LogP contribution >= 0.6 is 11.6 Å². The summed E-state index contributed by atoms with van der Waals surface area (Å²) in [6, 6.07) is 19.8. The number of carbonyl (C=O) groups is 1. The highest BCUT2D eigenvalue weighted by Crippen LogP contribution is 2.32. The lowest BCUT2D eigenvalue weighted by Gasteiger charge is -2.12. The Morgan fingerprint density at radius 1 is 1.04 bits per heavy atom. The maximum absolute atomic E-state index is 12.4. The molecule has 0 saturated carbocycles. The molecule has 0 fully saturated rings. The molecule has 3 aromatic carbocycles. The molecule has 28 heavy (non-hydrogen) atoms. The van der Waals surface area contributed by atoms with Crippen molar-refractivity contribution in [3.8, 4) is 0 Å². The minimum atomic E-state index is -0.0775. The molecule has 6 heteroatoms. The second-order valence-electron chi connectivity index (χ2n) is 7.04. The number of nitrogens with one attached hydrogen (secondary N) is 2. The van der Waals surface area contributed by atoms with Crippen molar-refractivity contribution in [2.45, 2.75) is 26.4 Å². The predicted molar refractivity (Wildman–Crippen MR) is 115 cm³/mol. The Labute approximate surface area is 168 Å². The van der Waals surface area contributed by atoms with Gasteiger partial charge in [0, 0.05) is 27.5 Å². The molecule has 0 spiro atoms. The second kappa shape index (κ2) is 7.52. The largest absolute Gasteiger partial charge is 0.352 e. The molecule has 1 amide bonds. The molecule has 4 rings (SSSR count). The Kier molecular flexibility index (Phi) is 4.92. The highest BCUT2D eigenvalue weighted by Gasteiger charge is 2.16. The first kappa shape index (κ1) is 18.3. The normalized spacial score (nSPS) is 11.3. The molecule has 0 unspecified atom stereocenters. The molecule has 0 radical (unpaired) electrons. The highest BCUT2D eigenvalue weighted by molar-refractivity contribution is 6.30. The third kappa shape index (κ3) is 3.66. The number of hydrogen-bond acceptors (Lipinski definition) is 3. The summed E-state index contributed by atoms with van der Waals surface area (Å²) in [5, 5.41) is 14.9. The third-order valence-corrected chi connectivity index (χ3v) is 4.74. The Morgan fingerprint density at radius 2 is 1.79 bits per heavy atom. The number of halogens is 1. The zero-order valence-electron chi connectivity index (χ0n) is 15.7. The van der Waals surface area contributed by atoms with Crippen molar-refractivity contribution in [1.82, 2.24) is 15.1 Å². The molecule has 2 N–H and O–H groups in total. The lowest BCUT2D eigenvalue weighted by atomic mass is 10.1. The van der Waals surface area contributed by atoms with E-state index < -0.39 is 0 Å². The van der Waals surface area contributed by atoms with Gasteiger partial charge in [-0.25, -0.2) is 4.68 Å². The molecule has 1 aromatic heterocycles. The van der Waals surface area contributed by atoms with E-state index in [-0.39, 0.29) is 18.5 Å². The third-order valence-electron chi connectivity index (χ3n) is 4.48. The lowest BCUT2D eigenvalue weighted by molar-refractivity contribution is -0.122. The van der Waals surface area contributed by atoms with Gasteiger partial charge in [-0.1, -0.05) is 41.9 Å². The SMILES string of the molecule is CC(C)NC(=O)Cn1nc2c(ccc3ccccc32)c1Nc1ccc(Cl)cc1. The van der Waals surface area contributed by atoms with Crippen molar-refractivity contribution in [3.63, 3.8) is 0 Å². The number of fused-ring (bicyclic) bond motifs is 3. The van der Waals surface area contributed by atoms with Crippen molar-refractivity contribution >= 4 is 50.7 Å². The van der Waals surface area contributed by atoms with Crippen LogP contribution in [0.25, 0.3) is 21.7 Å². The molecule has 0 aliphatic rings. The van der Waals surface area contributed by atoms with E-state index in [0.717, 1.165) is 33.2 Å². The summed E-state index contributed by atoms with van der Waals surface area (Å²) < 4.78 is 1.73. The monoisotopic (exact) mass is 392 g/mol. The zero-order chi connectivity index (χ0) is 19.7. The number of benzene rings is 3. The van der Waals surface area contributed by atoms with Crippen LogP contribution < -0.4 is 10.6 Å². The summed E-state index contributed by atoms with van der Waals surface area (Å²) in [5.41, 5.74) is 1.75. The number of nitrogens with zero attached hydrogens (tertiary/aromatic N) is 2. The summed E-state index contributed by atoms with van der Waals surface area (Å²) in [6.07, 6.45) is 0. The van der Waals surface area contributed by atoms with E-state index in [1.54, 1.807) is 4.68 Å². The molecule has 0 atom stereocenters. The van der Waals surface area contributed by atoms with Gasteiger partial charge in [-0.3, -0.25) is 4.79 Å². The Balaban J connectivity index is 1.83. The average molecular weight is 393 g/mol. The number of rotatable bonds is 5. The van der Waals surface area contributed by atoms with Crippen LogP contribution in [0.3, 0.4) is 0 Å². The fourth-order valence-electron chi connectivity index (χ4n) is 3.28. The van der Waals surface area contributed by atoms with Crippen molar-refractivity contribution in [2.75, 3.05) is 5.32 Å². The van der Waals surface area contributed by atoms with Gasteiger partial charge in [0.05, 0.1) is 0 Å². The Bertz CT molecular complexity index is 1150. The summed E-state index contributed by atoms with van der Waals surface area (Å²) in [5.74, 6) is 0.702. The van der Waals surface area contributed by atoms with Crippen molar-refractivity contribution in [3.05, 3.63) is 65.7 Å². The van der Waals surface area contributed by atoms with Gasteiger partial charge < -0.3 is 10.6 Å². The van der Waals surface area contributed by atoms with Gasteiger partial charge in [0.15, 0.2) is 0 Å². The first-order valence-electron chi connectivity index (χ1n) is 9.21. The molecule has 1 heterocycles. The van der Waals surface area contributed by atoms with E-state index in [1.807, 2.05) is 56.3 Å². The first-order chi connectivity index (χ1) is 13.5. The van der Waals surface area contributed by atoms with E-state index in [2.05, 4.69) is 28.8 Å². The van der Waals surface area contributed by atoms with Crippen LogP contribution in [0.4, 0.5) is 11.5 Å². The van der Waals surface area contributed by atoms with E-state index in [0.29, 0.717) is 5.02 Å². The second-order valence-corrected chi connectivity index (χ2v) is 7.48. The van der Waals surface area contributed by atoms with E-state index >= 15 is 0 Å². The van der Waals surface area contributed by atoms with Crippen molar-refractivity contribution < 1.29 is 4.79 Å². The molecular weight excluding hydrogens is 372 g/mol. The number of anilines is 2. The van der Waals surface area contributed by atoms with E-state index in [1.165, 1.54) is 0 Å². The first-order valence-corrected chi connectivity index (χ1v) is 9.59. The summed E-state index contributed by atoms with van der Waals surface area (Å²) in [6.45, 7) is 4.02. The minimum Gasteiger partial charge on any atom is -0.352 e. The number of hydrogen-bond donors (Lipinski definition) is 2. The van der Waals surface area contributed by atoms with Crippen LogP contribution in [-0.2, 0) is 11.3 Å². The minimum absolute atomic E-state index is 0.0750. The summed E-state index contributed by atoms with van der Waals surface area (Å²) in [7, 11) is 0. The number of carbonyl (C=O) groups excluding carboxylic acids is 1. The molecule has 142 valence electrons. The molecule has 0 bridgehead atoms. The van der Waals surface area contributed by atoms with Crippen LogP contribution in [0.15, 0.2) is 60.7 Å². The van der Waals surface area contributed by atoms with Gasteiger partial charge in [-0.05, 0) is 49.6 Å². The fraction of sp³-hybridized carbons (Fsp3) is 0.182. The van der Waals surface area contributed by atoms with Crippen LogP contribution in [-0.4, -0.2) is 21.7 Å². The van der Waals surface area contributed by atoms with Gasteiger partial charge in [-0.2, -0.15) is 5.10 Å². The summed E-state index contributed by atoms with van der Waals surface area (Å²) >= 11 is 6.00. The Morgan fingerprint density at radius 3 is 2.54 bits per heavy atom. The van der Waals surface area contributed by atoms with Gasteiger partial charge in [-0.15, -0.1) is 0 Å². The van der Waals surface area contributed by atoms with Crippen LogP contribution in [0.2, 0.25) is 5.02 Å². The quantitative estimate of drug-likeness (QED) is 0.496. The van der Waals surface area contributed by atoms with Gasteiger partial charge in [0.25, 0.3) is 0 Å². The number of amides is 1. The van der Waals surface area contributed by atoms with E-state index in [9.17, 15) is 4.79 Å². The van der Waals surface area contributed by atoms with Crippen LogP contribution in [0.1, 0.15) is 13.8 Å². The number of aromatic nitrogens is 2. The van der Waals surface area contributed by atoms with Crippen LogP contribution in [0.5, 0.6) is 0 Å². The fourth-order valence-corrected chi connectivity index (χ4v) is 3.41.